The maximum absolute atomic E-state index is 12.8. The number of amides is 1. The van der Waals surface area contributed by atoms with Crippen LogP contribution >= 0.6 is 12.4 Å². The molecule has 0 atom stereocenters. The molecule has 2 heterocycles. The molecule has 23 heavy (non-hydrogen) atoms. The van der Waals surface area contributed by atoms with Crippen LogP contribution < -0.4 is 5.32 Å². The third-order valence-corrected chi connectivity index (χ3v) is 6.04. The molecule has 3 nitrogen and oxygen atoms in total. The summed E-state index contributed by atoms with van der Waals surface area (Å²) in [6, 6.07) is 6.40. The van der Waals surface area contributed by atoms with Gasteiger partial charge in [-0.05, 0) is 80.2 Å². The zero-order chi connectivity index (χ0) is 15.0. The number of hydrogen-bond donors (Lipinski definition) is 1. The lowest BCUT2D eigenvalue weighted by Crippen LogP contribution is -2.44. The number of hydrogen-bond acceptors (Lipinski definition) is 2. The number of carbonyl (C=O) groups is 1. The number of nitrogens with zero attached hydrogens (tertiary/aromatic N) is 1. The van der Waals surface area contributed by atoms with Gasteiger partial charge in [0, 0.05) is 25.2 Å². The molecule has 0 bridgehead atoms. The summed E-state index contributed by atoms with van der Waals surface area (Å²) < 4.78 is 0. The van der Waals surface area contributed by atoms with Crippen LogP contribution in [0.1, 0.15) is 53.6 Å². The summed E-state index contributed by atoms with van der Waals surface area (Å²) in [5.41, 5.74) is 4.25. The fourth-order valence-electron chi connectivity index (χ4n) is 4.46. The van der Waals surface area contributed by atoms with E-state index < -0.39 is 0 Å². The van der Waals surface area contributed by atoms with Crippen molar-refractivity contribution in [2.24, 2.45) is 5.41 Å². The van der Waals surface area contributed by atoms with Gasteiger partial charge in [-0.2, -0.15) is 0 Å². The average Bonchev–Trinajstić information content (AvgIpc) is 3.02. The molecule has 0 aromatic heterocycles. The fraction of sp³-hybridized carbons (Fsp3) is 0.632. The number of nitrogens with one attached hydrogen (secondary N) is 1. The number of aryl methyl sites for hydroxylation is 2. The predicted octanol–water partition coefficient (Wildman–Crippen LogP) is 3.20. The molecule has 4 rings (SSSR count). The summed E-state index contributed by atoms with van der Waals surface area (Å²) in [6.07, 6.45) is 8.50. The highest BCUT2D eigenvalue weighted by Crippen LogP contribution is 2.37. The maximum atomic E-state index is 12.8. The number of carbonyl (C=O) groups excluding carboxylic acids is 1. The summed E-state index contributed by atoms with van der Waals surface area (Å²) in [4.78, 5) is 14.9. The van der Waals surface area contributed by atoms with Gasteiger partial charge < -0.3 is 10.2 Å². The number of rotatable bonds is 1. The Kier molecular flexibility index (Phi) is 4.98. The lowest BCUT2D eigenvalue weighted by molar-refractivity contribution is 0.0607. The van der Waals surface area contributed by atoms with Gasteiger partial charge in [-0.25, -0.2) is 0 Å². The molecule has 1 aliphatic carbocycles. The summed E-state index contributed by atoms with van der Waals surface area (Å²) in [6.45, 7) is 4.15. The standard InChI is InChI=1S/C19H26N2O.ClH/c22-18(17-6-5-15-3-1-2-4-16(15)13-17)21-11-8-19(9-12-21)7-10-20-14-19;/h5-6,13,20H,1-4,7-12,14H2;1H. The fourth-order valence-corrected chi connectivity index (χ4v) is 4.46. The van der Waals surface area contributed by atoms with Crippen LogP contribution in [-0.4, -0.2) is 37.0 Å². The molecule has 1 spiro atoms. The Labute approximate surface area is 145 Å². The molecular formula is C19H27ClN2O. The van der Waals surface area contributed by atoms with Gasteiger partial charge in [-0.3, -0.25) is 4.79 Å². The van der Waals surface area contributed by atoms with Crippen LogP contribution in [0, 0.1) is 5.41 Å². The monoisotopic (exact) mass is 334 g/mol. The van der Waals surface area contributed by atoms with Crippen LogP contribution in [0.15, 0.2) is 18.2 Å². The van der Waals surface area contributed by atoms with Gasteiger partial charge in [-0.15, -0.1) is 12.4 Å². The Hall–Kier alpha value is -1.06. The van der Waals surface area contributed by atoms with Crippen LogP contribution in [0.5, 0.6) is 0 Å². The third-order valence-electron chi connectivity index (χ3n) is 6.04. The number of piperidine rings is 1. The Morgan fingerprint density at radius 3 is 2.48 bits per heavy atom. The minimum Gasteiger partial charge on any atom is -0.339 e. The van der Waals surface area contributed by atoms with Crippen molar-refractivity contribution in [1.29, 1.82) is 0 Å². The van der Waals surface area contributed by atoms with E-state index in [0.717, 1.165) is 51.0 Å². The molecule has 2 saturated heterocycles. The van der Waals surface area contributed by atoms with E-state index in [-0.39, 0.29) is 18.3 Å². The molecule has 3 aliphatic rings. The van der Waals surface area contributed by atoms with Crippen LogP contribution in [0.4, 0.5) is 0 Å². The van der Waals surface area contributed by atoms with Crippen LogP contribution in [0.3, 0.4) is 0 Å². The van der Waals surface area contributed by atoms with Crippen molar-refractivity contribution in [1.82, 2.24) is 10.2 Å². The van der Waals surface area contributed by atoms with E-state index in [1.165, 1.54) is 36.8 Å². The topological polar surface area (TPSA) is 32.3 Å². The number of fused-ring (bicyclic) bond motifs is 1. The quantitative estimate of drug-likeness (QED) is 0.855. The second-order valence-corrected chi connectivity index (χ2v) is 7.41. The van der Waals surface area contributed by atoms with Crippen molar-refractivity contribution in [3.8, 4) is 0 Å². The van der Waals surface area contributed by atoms with Crippen molar-refractivity contribution < 1.29 is 4.79 Å². The molecule has 126 valence electrons. The SMILES string of the molecule is Cl.O=C(c1ccc2c(c1)CCCC2)N1CCC2(CCNC2)CC1. The van der Waals surface area contributed by atoms with E-state index in [1.54, 1.807) is 0 Å². The Morgan fingerprint density at radius 2 is 1.78 bits per heavy atom. The van der Waals surface area contributed by atoms with Gasteiger partial charge >= 0.3 is 0 Å². The summed E-state index contributed by atoms with van der Waals surface area (Å²) in [5.74, 6) is 0.245. The van der Waals surface area contributed by atoms with Gasteiger partial charge in [0.05, 0.1) is 0 Å². The minimum atomic E-state index is 0. The first kappa shape index (κ1) is 16.8. The van der Waals surface area contributed by atoms with Gasteiger partial charge in [0.1, 0.15) is 0 Å². The largest absolute Gasteiger partial charge is 0.339 e. The molecule has 1 aromatic carbocycles. The van der Waals surface area contributed by atoms with Crippen molar-refractivity contribution in [3.05, 3.63) is 34.9 Å². The molecule has 0 unspecified atom stereocenters. The number of halogens is 1. The lowest BCUT2D eigenvalue weighted by Gasteiger charge is -2.39. The zero-order valence-corrected chi connectivity index (χ0v) is 14.6. The van der Waals surface area contributed by atoms with Crippen LogP contribution in [0.2, 0.25) is 0 Å². The van der Waals surface area contributed by atoms with E-state index in [4.69, 9.17) is 0 Å². The van der Waals surface area contributed by atoms with E-state index in [0.29, 0.717) is 5.41 Å². The van der Waals surface area contributed by atoms with E-state index in [9.17, 15) is 4.79 Å². The minimum absolute atomic E-state index is 0. The second kappa shape index (κ2) is 6.82. The van der Waals surface area contributed by atoms with Crippen molar-refractivity contribution in [3.63, 3.8) is 0 Å². The smallest absolute Gasteiger partial charge is 0.253 e. The summed E-state index contributed by atoms with van der Waals surface area (Å²) in [5, 5.41) is 3.49. The van der Waals surface area contributed by atoms with Gasteiger partial charge in [0.2, 0.25) is 0 Å². The Morgan fingerprint density at radius 1 is 1.04 bits per heavy atom. The first-order valence-corrected chi connectivity index (χ1v) is 8.88. The van der Waals surface area contributed by atoms with Crippen LogP contribution in [-0.2, 0) is 12.8 Å². The molecule has 1 N–H and O–H groups in total. The van der Waals surface area contributed by atoms with Crippen molar-refractivity contribution in [2.45, 2.75) is 44.9 Å². The Balaban J connectivity index is 0.00000156. The molecule has 4 heteroatoms. The predicted molar refractivity (Wildman–Crippen MR) is 95.4 cm³/mol. The normalized spacial score (nSPS) is 22.5. The number of benzene rings is 1. The molecule has 2 fully saturated rings. The molecule has 0 saturated carbocycles. The zero-order valence-electron chi connectivity index (χ0n) is 13.8. The van der Waals surface area contributed by atoms with Crippen molar-refractivity contribution in [2.75, 3.05) is 26.2 Å². The van der Waals surface area contributed by atoms with E-state index >= 15 is 0 Å². The van der Waals surface area contributed by atoms with Crippen LogP contribution in [0.25, 0.3) is 0 Å². The molecule has 1 amide bonds. The first-order valence-electron chi connectivity index (χ1n) is 8.88. The molecule has 1 aromatic rings. The lowest BCUT2D eigenvalue weighted by atomic mass is 9.77. The molecular weight excluding hydrogens is 308 g/mol. The van der Waals surface area contributed by atoms with E-state index in [2.05, 4.69) is 22.3 Å². The molecule has 0 radical (unpaired) electrons. The third kappa shape index (κ3) is 3.27. The number of likely N-dealkylation sites (tertiary alicyclic amines) is 1. The first-order chi connectivity index (χ1) is 10.8. The summed E-state index contributed by atoms with van der Waals surface area (Å²) in [7, 11) is 0. The molecule has 2 aliphatic heterocycles. The second-order valence-electron chi connectivity index (χ2n) is 7.41. The highest BCUT2D eigenvalue weighted by Gasteiger charge is 2.38. The summed E-state index contributed by atoms with van der Waals surface area (Å²) >= 11 is 0. The van der Waals surface area contributed by atoms with Gasteiger partial charge in [0.25, 0.3) is 5.91 Å². The maximum Gasteiger partial charge on any atom is 0.253 e. The van der Waals surface area contributed by atoms with Crippen molar-refractivity contribution >= 4 is 18.3 Å². The highest BCUT2D eigenvalue weighted by atomic mass is 35.5. The van der Waals surface area contributed by atoms with Gasteiger partial charge in [-0.1, -0.05) is 6.07 Å². The average molecular weight is 335 g/mol. The van der Waals surface area contributed by atoms with Gasteiger partial charge in [0.15, 0.2) is 0 Å². The Bertz CT molecular complexity index is 571. The van der Waals surface area contributed by atoms with E-state index in [1.807, 2.05) is 6.07 Å². The highest BCUT2D eigenvalue weighted by molar-refractivity contribution is 5.94.